The number of rotatable bonds is 6. The van der Waals surface area contributed by atoms with Gasteiger partial charge in [0, 0.05) is 10.5 Å². The van der Waals surface area contributed by atoms with Gasteiger partial charge in [-0.15, -0.1) is 4.83 Å². The highest BCUT2D eigenvalue weighted by Crippen LogP contribution is 2.28. The minimum atomic E-state index is -4.11. The molecule has 8 nitrogen and oxygen atoms in total. The number of nitrogens with one attached hydrogen (secondary N) is 3. The van der Waals surface area contributed by atoms with E-state index in [2.05, 4.69) is 21.2 Å². The molecule has 0 saturated heterocycles. The second-order valence-corrected chi connectivity index (χ2v) is 7.80. The van der Waals surface area contributed by atoms with E-state index in [9.17, 15) is 13.2 Å². The van der Waals surface area contributed by atoms with Crippen molar-refractivity contribution in [3.63, 3.8) is 0 Å². The number of hydrazine groups is 1. The highest BCUT2D eigenvalue weighted by molar-refractivity contribution is 9.10. The molecular formula is C15H15BrClN3O5S. The van der Waals surface area contributed by atoms with E-state index >= 15 is 0 Å². The molecule has 0 bridgehead atoms. The first kappa shape index (κ1) is 20.3. The van der Waals surface area contributed by atoms with Gasteiger partial charge in [0.15, 0.2) is 0 Å². The lowest BCUT2D eigenvalue weighted by Crippen LogP contribution is -2.43. The van der Waals surface area contributed by atoms with Gasteiger partial charge in [0.1, 0.15) is 16.4 Å². The lowest BCUT2D eigenvalue weighted by molar-refractivity contribution is 0.250. The molecule has 2 aromatic carbocycles. The van der Waals surface area contributed by atoms with Crippen LogP contribution < -0.4 is 25.0 Å². The van der Waals surface area contributed by atoms with Gasteiger partial charge in [0.25, 0.3) is 10.0 Å². The molecular weight excluding hydrogens is 450 g/mol. The topological polar surface area (TPSA) is 106 Å². The summed E-state index contributed by atoms with van der Waals surface area (Å²) in [6.45, 7) is 0. The van der Waals surface area contributed by atoms with Crippen LogP contribution >= 0.6 is 27.5 Å². The summed E-state index contributed by atoms with van der Waals surface area (Å²) in [6.07, 6.45) is 0. The molecule has 0 aromatic heterocycles. The molecule has 2 rings (SSSR count). The minimum absolute atomic E-state index is 0.0939. The van der Waals surface area contributed by atoms with Crippen LogP contribution in [0.1, 0.15) is 0 Å². The number of amides is 2. The third kappa shape index (κ3) is 5.01. The van der Waals surface area contributed by atoms with Crippen LogP contribution in [0.3, 0.4) is 0 Å². The van der Waals surface area contributed by atoms with Gasteiger partial charge in [0.05, 0.1) is 24.9 Å². The maximum atomic E-state index is 12.4. The van der Waals surface area contributed by atoms with Gasteiger partial charge in [-0.1, -0.05) is 27.5 Å². The number of methoxy groups -OCH3 is 2. The average Bonchev–Trinajstić information content (AvgIpc) is 2.62. The van der Waals surface area contributed by atoms with Gasteiger partial charge < -0.3 is 14.8 Å². The van der Waals surface area contributed by atoms with Crippen molar-refractivity contribution in [2.75, 3.05) is 19.5 Å². The summed E-state index contributed by atoms with van der Waals surface area (Å²) < 4.78 is 35.6. The number of hydrogen-bond donors (Lipinski definition) is 3. The third-order valence-corrected chi connectivity index (χ3v) is 5.21. The van der Waals surface area contributed by atoms with Crippen LogP contribution in [0.2, 0.25) is 5.02 Å². The van der Waals surface area contributed by atoms with Crippen molar-refractivity contribution in [3.8, 4) is 11.5 Å². The fourth-order valence-electron chi connectivity index (χ4n) is 1.91. The maximum absolute atomic E-state index is 12.4. The zero-order valence-corrected chi connectivity index (χ0v) is 16.8. The van der Waals surface area contributed by atoms with Crippen molar-refractivity contribution < 1.29 is 22.7 Å². The number of urea groups is 1. The predicted molar refractivity (Wildman–Crippen MR) is 101 cm³/mol. The van der Waals surface area contributed by atoms with Crippen LogP contribution in [0.4, 0.5) is 10.5 Å². The molecule has 0 spiro atoms. The van der Waals surface area contributed by atoms with Gasteiger partial charge in [0.2, 0.25) is 0 Å². The van der Waals surface area contributed by atoms with Gasteiger partial charge in [-0.25, -0.2) is 13.2 Å². The first-order valence-corrected chi connectivity index (χ1v) is 9.68. The van der Waals surface area contributed by atoms with Crippen molar-refractivity contribution in [2.24, 2.45) is 0 Å². The van der Waals surface area contributed by atoms with E-state index < -0.39 is 16.1 Å². The molecule has 0 atom stereocenters. The first-order valence-electron chi connectivity index (χ1n) is 7.02. The van der Waals surface area contributed by atoms with Crippen LogP contribution in [-0.4, -0.2) is 28.7 Å². The molecule has 0 aliphatic carbocycles. The van der Waals surface area contributed by atoms with E-state index in [-0.39, 0.29) is 15.7 Å². The number of carbonyl (C=O) groups is 1. The Labute approximate surface area is 164 Å². The number of ether oxygens (including phenoxy) is 2. The van der Waals surface area contributed by atoms with Crippen LogP contribution in [0.5, 0.6) is 11.5 Å². The Kier molecular flexibility index (Phi) is 6.70. The summed E-state index contributed by atoms with van der Waals surface area (Å²) in [7, 11) is -1.38. The van der Waals surface area contributed by atoms with Crippen molar-refractivity contribution in [3.05, 3.63) is 45.9 Å². The molecule has 0 radical (unpaired) electrons. The summed E-state index contributed by atoms with van der Waals surface area (Å²) in [6, 6.07) is 8.26. The summed E-state index contributed by atoms with van der Waals surface area (Å²) >= 11 is 9.23. The molecule has 0 heterocycles. The van der Waals surface area contributed by atoms with Crippen molar-refractivity contribution in [2.45, 2.75) is 4.90 Å². The predicted octanol–water partition coefficient (Wildman–Crippen LogP) is 3.13. The second kappa shape index (κ2) is 8.58. The zero-order valence-electron chi connectivity index (χ0n) is 13.7. The van der Waals surface area contributed by atoms with Gasteiger partial charge in [-0.2, -0.15) is 0 Å². The summed E-state index contributed by atoms with van der Waals surface area (Å²) in [5, 5.41) is 2.71. The number of hydrogen-bond acceptors (Lipinski definition) is 5. The Morgan fingerprint density at radius 1 is 1.12 bits per heavy atom. The lowest BCUT2D eigenvalue weighted by Gasteiger charge is -2.13. The van der Waals surface area contributed by atoms with Gasteiger partial charge in [-0.3, -0.25) is 5.43 Å². The monoisotopic (exact) mass is 463 g/mol. The molecule has 0 saturated carbocycles. The number of carbonyl (C=O) groups excluding carboxylic acids is 1. The molecule has 2 amide bonds. The van der Waals surface area contributed by atoms with Gasteiger partial charge in [-0.05, 0) is 30.3 Å². The normalized spacial score (nSPS) is 10.9. The number of benzene rings is 2. The Balaban J connectivity index is 2.11. The van der Waals surface area contributed by atoms with Crippen LogP contribution in [0.15, 0.2) is 45.8 Å². The molecule has 11 heteroatoms. The van der Waals surface area contributed by atoms with Crippen LogP contribution in [-0.2, 0) is 10.0 Å². The zero-order chi connectivity index (χ0) is 19.3. The van der Waals surface area contributed by atoms with E-state index in [0.29, 0.717) is 11.4 Å². The Bertz CT molecular complexity index is 923. The average molecular weight is 465 g/mol. The molecule has 140 valence electrons. The van der Waals surface area contributed by atoms with E-state index in [4.69, 9.17) is 21.1 Å². The molecule has 3 N–H and O–H groups in total. The SMILES string of the molecule is COc1ccc(OC)c(S(=O)(=O)NNC(=O)Nc2ccc(Br)cc2Cl)c1. The van der Waals surface area contributed by atoms with E-state index in [1.165, 1.54) is 26.4 Å². The number of halogens is 2. The molecule has 0 unspecified atom stereocenters. The fraction of sp³-hybridized carbons (Fsp3) is 0.133. The summed E-state index contributed by atoms with van der Waals surface area (Å²) in [5.74, 6) is 0.411. The highest BCUT2D eigenvalue weighted by atomic mass is 79.9. The standard InChI is InChI=1S/C15H15BrClN3O5S/c1-24-10-4-6-13(25-2)14(8-10)26(22,23)20-19-15(21)18-12-5-3-9(16)7-11(12)17/h3-8,20H,1-2H3,(H2,18,19,21). The van der Waals surface area contributed by atoms with E-state index in [0.717, 1.165) is 4.47 Å². The van der Waals surface area contributed by atoms with Crippen LogP contribution in [0.25, 0.3) is 0 Å². The smallest absolute Gasteiger partial charge is 0.334 e. The lowest BCUT2D eigenvalue weighted by atomic mass is 10.3. The number of anilines is 1. The Morgan fingerprint density at radius 3 is 2.46 bits per heavy atom. The van der Waals surface area contributed by atoms with Crippen molar-refractivity contribution in [1.29, 1.82) is 0 Å². The quantitative estimate of drug-likeness (QED) is 0.570. The highest BCUT2D eigenvalue weighted by Gasteiger charge is 2.21. The van der Waals surface area contributed by atoms with Gasteiger partial charge >= 0.3 is 6.03 Å². The summed E-state index contributed by atoms with van der Waals surface area (Å²) in [5.41, 5.74) is 2.36. The maximum Gasteiger partial charge on any atom is 0.334 e. The molecule has 26 heavy (non-hydrogen) atoms. The summed E-state index contributed by atoms with van der Waals surface area (Å²) in [4.78, 5) is 13.7. The fourth-order valence-corrected chi connectivity index (χ4v) is 3.65. The molecule has 0 aliphatic rings. The third-order valence-electron chi connectivity index (χ3n) is 3.14. The van der Waals surface area contributed by atoms with Crippen LogP contribution in [0, 0.1) is 0 Å². The largest absolute Gasteiger partial charge is 0.497 e. The molecule has 0 aliphatic heterocycles. The number of sulfonamides is 1. The molecule has 2 aromatic rings. The second-order valence-electron chi connectivity index (χ2n) is 4.83. The minimum Gasteiger partial charge on any atom is -0.497 e. The molecule has 0 fully saturated rings. The van der Waals surface area contributed by atoms with E-state index in [1.807, 2.05) is 10.3 Å². The van der Waals surface area contributed by atoms with E-state index in [1.54, 1.807) is 24.3 Å². The Hall–Kier alpha value is -2.01. The van der Waals surface area contributed by atoms with Crippen molar-refractivity contribution in [1.82, 2.24) is 10.3 Å². The Morgan fingerprint density at radius 2 is 1.85 bits per heavy atom. The van der Waals surface area contributed by atoms with Crippen molar-refractivity contribution >= 4 is 49.3 Å². The first-order chi connectivity index (χ1) is 12.3.